The van der Waals surface area contributed by atoms with Gasteiger partial charge in [-0.25, -0.2) is 0 Å². The first-order valence-corrected chi connectivity index (χ1v) is 11.0. The average molecular weight is 410 g/mol. The van der Waals surface area contributed by atoms with Crippen molar-refractivity contribution in [2.75, 3.05) is 43.1 Å². The summed E-state index contributed by atoms with van der Waals surface area (Å²) in [6.07, 6.45) is 5.44. The van der Waals surface area contributed by atoms with Gasteiger partial charge >= 0.3 is 0 Å². The van der Waals surface area contributed by atoms with E-state index in [0.29, 0.717) is 6.54 Å². The van der Waals surface area contributed by atoms with Crippen LogP contribution >= 0.6 is 0 Å². The smallest absolute Gasteiger partial charge is 0.223 e. The molecular formula is C23H31N5O2. The molecule has 2 aromatic rings. The minimum atomic E-state index is 0.0486. The topological polar surface area (TPSA) is 70.6 Å². The van der Waals surface area contributed by atoms with E-state index in [9.17, 15) is 4.79 Å². The lowest BCUT2D eigenvalue weighted by molar-refractivity contribution is -0.125. The number of hydrogen-bond donors (Lipinski definition) is 1. The van der Waals surface area contributed by atoms with Crippen molar-refractivity contribution < 1.29 is 9.53 Å². The first kappa shape index (κ1) is 20.4. The van der Waals surface area contributed by atoms with Crippen molar-refractivity contribution in [3.8, 4) is 5.75 Å². The number of carbonyl (C=O) groups excluding carboxylic acids is 1. The summed E-state index contributed by atoms with van der Waals surface area (Å²) >= 11 is 0. The normalized spacial score (nSPS) is 17.6. The van der Waals surface area contributed by atoms with Crippen LogP contribution in [0.3, 0.4) is 0 Å². The van der Waals surface area contributed by atoms with Gasteiger partial charge in [0.2, 0.25) is 5.91 Å². The number of methoxy groups -OCH3 is 1. The van der Waals surface area contributed by atoms with E-state index >= 15 is 0 Å². The molecule has 2 aliphatic rings. The minimum Gasteiger partial charge on any atom is -0.497 e. The quantitative estimate of drug-likeness (QED) is 0.791. The Morgan fingerprint density at radius 3 is 2.30 bits per heavy atom. The Hall–Kier alpha value is -2.83. The summed E-state index contributed by atoms with van der Waals surface area (Å²) < 4.78 is 5.24. The summed E-state index contributed by atoms with van der Waals surface area (Å²) in [5, 5.41) is 12.0. The maximum atomic E-state index is 12.6. The number of carbonyl (C=O) groups is 1. The Bertz CT molecular complexity index is 828. The van der Waals surface area contributed by atoms with Gasteiger partial charge in [0.1, 0.15) is 5.75 Å². The summed E-state index contributed by atoms with van der Waals surface area (Å²) in [5.41, 5.74) is 1.05. The Morgan fingerprint density at radius 1 is 1.00 bits per heavy atom. The molecule has 7 nitrogen and oxygen atoms in total. The molecule has 30 heavy (non-hydrogen) atoms. The highest BCUT2D eigenvalue weighted by molar-refractivity contribution is 5.79. The van der Waals surface area contributed by atoms with Crippen LogP contribution in [-0.2, 0) is 11.3 Å². The second-order valence-corrected chi connectivity index (χ2v) is 8.13. The zero-order chi connectivity index (χ0) is 20.8. The number of nitrogens with zero attached hydrogens (tertiary/aromatic N) is 4. The first-order chi connectivity index (χ1) is 14.7. The number of benzene rings is 1. The summed E-state index contributed by atoms with van der Waals surface area (Å²) in [4.78, 5) is 17.1. The second-order valence-electron chi connectivity index (χ2n) is 8.13. The number of anilines is 2. The lowest BCUT2D eigenvalue weighted by Gasteiger charge is -2.32. The third-order valence-corrected chi connectivity index (χ3v) is 6.11. The maximum absolute atomic E-state index is 12.6. The molecule has 7 heteroatoms. The molecule has 0 spiro atoms. The van der Waals surface area contributed by atoms with Gasteiger partial charge in [0, 0.05) is 38.6 Å². The van der Waals surface area contributed by atoms with Crippen LogP contribution in [0, 0.1) is 5.92 Å². The van der Waals surface area contributed by atoms with Crippen LogP contribution in [0.25, 0.3) is 0 Å². The number of ether oxygens (including phenoxy) is 1. The molecule has 0 atom stereocenters. The fourth-order valence-corrected chi connectivity index (χ4v) is 4.27. The van der Waals surface area contributed by atoms with Crippen LogP contribution in [0.4, 0.5) is 11.6 Å². The molecule has 0 aliphatic carbocycles. The van der Waals surface area contributed by atoms with E-state index in [4.69, 9.17) is 4.74 Å². The first-order valence-electron chi connectivity index (χ1n) is 11.0. The maximum Gasteiger partial charge on any atom is 0.223 e. The Kier molecular flexibility index (Phi) is 6.67. The largest absolute Gasteiger partial charge is 0.497 e. The van der Waals surface area contributed by atoms with E-state index < -0.39 is 0 Å². The van der Waals surface area contributed by atoms with Crippen molar-refractivity contribution in [3.63, 3.8) is 0 Å². The Labute approximate surface area is 178 Å². The molecule has 2 saturated heterocycles. The van der Waals surface area contributed by atoms with Crippen LogP contribution in [0.2, 0.25) is 0 Å². The SMILES string of the molecule is COc1cccc(CNC(=O)C2CCN(c3ccc(N4CCCCC4)nn3)CC2)c1. The number of amides is 1. The predicted molar refractivity (Wildman–Crippen MR) is 118 cm³/mol. The third-order valence-electron chi connectivity index (χ3n) is 6.11. The van der Waals surface area contributed by atoms with E-state index in [-0.39, 0.29) is 11.8 Å². The Balaban J connectivity index is 1.25. The zero-order valence-electron chi connectivity index (χ0n) is 17.7. The molecule has 1 N–H and O–H groups in total. The number of hydrogen-bond acceptors (Lipinski definition) is 6. The summed E-state index contributed by atoms with van der Waals surface area (Å²) in [7, 11) is 1.65. The van der Waals surface area contributed by atoms with Crippen LogP contribution in [0.1, 0.15) is 37.7 Å². The van der Waals surface area contributed by atoms with E-state index in [1.165, 1.54) is 19.3 Å². The molecule has 0 bridgehead atoms. The molecule has 1 aromatic heterocycles. The van der Waals surface area contributed by atoms with Gasteiger partial charge in [0.15, 0.2) is 11.6 Å². The van der Waals surface area contributed by atoms with E-state index in [0.717, 1.165) is 62.0 Å². The lowest BCUT2D eigenvalue weighted by Crippen LogP contribution is -2.40. The molecule has 160 valence electrons. The highest BCUT2D eigenvalue weighted by Gasteiger charge is 2.26. The highest BCUT2D eigenvalue weighted by atomic mass is 16.5. The molecule has 1 aromatic carbocycles. The van der Waals surface area contributed by atoms with Crippen molar-refractivity contribution in [3.05, 3.63) is 42.0 Å². The van der Waals surface area contributed by atoms with Crippen molar-refractivity contribution in [1.82, 2.24) is 15.5 Å². The van der Waals surface area contributed by atoms with Gasteiger partial charge < -0.3 is 19.9 Å². The van der Waals surface area contributed by atoms with Crippen LogP contribution < -0.4 is 19.9 Å². The number of aromatic nitrogens is 2. The van der Waals surface area contributed by atoms with Crippen molar-refractivity contribution in [2.24, 2.45) is 5.92 Å². The zero-order valence-corrected chi connectivity index (χ0v) is 17.7. The van der Waals surface area contributed by atoms with Gasteiger partial charge in [-0.15, -0.1) is 10.2 Å². The summed E-state index contributed by atoms with van der Waals surface area (Å²) in [5.74, 6) is 2.87. The highest BCUT2D eigenvalue weighted by Crippen LogP contribution is 2.24. The van der Waals surface area contributed by atoms with Gasteiger partial charge in [-0.3, -0.25) is 4.79 Å². The van der Waals surface area contributed by atoms with Crippen molar-refractivity contribution in [2.45, 2.75) is 38.6 Å². The third kappa shape index (κ3) is 5.01. The molecule has 0 unspecified atom stereocenters. The Morgan fingerprint density at radius 2 is 1.67 bits per heavy atom. The summed E-state index contributed by atoms with van der Waals surface area (Å²) in [6.45, 7) is 4.33. The van der Waals surface area contributed by atoms with Gasteiger partial charge in [-0.1, -0.05) is 12.1 Å². The summed E-state index contributed by atoms with van der Waals surface area (Å²) in [6, 6.07) is 12.0. The van der Waals surface area contributed by atoms with Crippen LogP contribution in [0.15, 0.2) is 36.4 Å². The fourth-order valence-electron chi connectivity index (χ4n) is 4.27. The molecule has 2 aliphatic heterocycles. The van der Waals surface area contributed by atoms with E-state index in [1.54, 1.807) is 7.11 Å². The number of piperidine rings is 2. The molecule has 2 fully saturated rings. The average Bonchev–Trinajstić information content (AvgIpc) is 2.83. The van der Waals surface area contributed by atoms with E-state index in [2.05, 4.69) is 37.4 Å². The monoisotopic (exact) mass is 409 g/mol. The second kappa shape index (κ2) is 9.78. The number of rotatable bonds is 6. The molecule has 0 radical (unpaired) electrons. The van der Waals surface area contributed by atoms with E-state index in [1.807, 2.05) is 24.3 Å². The predicted octanol–water partition coefficient (Wildman–Crippen LogP) is 3.01. The molecule has 0 saturated carbocycles. The molecule has 3 heterocycles. The van der Waals surface area contributed by atoms with Gasteiger partial charge in [0.05, 0.1) is 7.11 Å². The van der Waals surface area contributed by atoms with Crippen LogP contribution in [-0.4, -0.2) is 49.4 Å². The molecular weight excluding hydrogens is 378 g/mol. The van der Waals surface area contributed by atoms with Gasteiger partial charge in [-0.2, -0.15) is 0 Å². The number of nitrogens with one attached hydrogen (secondary N) is 1. The standard InChI is InChI=1S/C23H31N5O2/c1-30-20-7-5-6-18(16-20)17-24-23(29)19-10-14-28(15-11-19)22-9-8-21(25-26-22)27-12-3-2-4-13-27/h5-9,16,19H,2-4,10-15,17H2,1H3,(H,24,29). The van der Waals surface area contributed by atoms with Gasteiger partial charge in [-0.05, 0) is 61.9 Å². The lowest BCUT2D eigenvalue weighted by atomic mass is 9.96. The fraction of sp³-hybridized carbons (Fsp3) is 0.522. The molecule has 4 rings (SSSR count). The van der Waals surface area contributed by atoms with Crippen LogP contribution in [0.5, 0.6) is 5.75 Å². The van der Waals surface area contributed by atoms with Gasteiger partial charge in [0.25, 0.3) is 0 Å². The van der Waals surface area contributed by atoms with Crippen molar-refractivity contribution in [1.29, 1.82) is 0 Å². The minimum absolute atomic E-state index is 0.0486. The molecule has 1 amide bonds. The van der Waals surface area contributed by atoms with Crippen molar-refractivity contribution >= 4 is 17.5 Å².